The van der Waals surface area contributed by atoms with Crippen molar-refractivity contribution in [2.24, 2.45) is 11.8 Å². The van der Waals surface area contributed by atoms with Gasteiger partial charge in [0.05, 0.1) is 9.88 Å². The molecule has 8 heteroatoms. The van der Waals surface area contributed by atoms with Crippen molar-refractivity contribution in [2.45, 2.75) is 44.9 Å². The molecule has 2 N–H and O–H groups in total. The van der Waals surface area contributed by atoms with Gasteiger partial charge >= 0.3 is 0 Å². The minimum Gasteiger partial charge on any atom is -0.356 e. The lowest BCUT2D eigenvalue weighted by Crippen LogP contribution is -2.43. The van der Waals surface area contributed by atoms with E-state index in [9.17, 15) is 14.4 Å². The van der Waals surface area contributed by atoms with Crippen molar-refractivity contribution in [3.63, 3.8) is 0 Å². The third-order valence-corrected chi connectivity index (χ3v) is 7.30. The average Bonchev–Trinajstić information content (AvgIpc) is 3.29. The monoisotopic (exact) mass is 432 g/mol. The molecule has 7 nitrogen and oxygen atoms in total. The predicted molar refractivity (Wildman–Crippen MR) is 118 cm³/mol. The topological polar surface area (TPSA) is 81.8 Å². The molecule has 1 aromatic rings. The molecule has 0 radical (unpaired) electrons. The number of nitrogens with one attached hydrogen (secondary N) is 2. The lowest BCUT2D eigenvalue weighted by atomic mass is 9.95. The lowest BCUT2D eigenvalue weighted by Gasteiger charge is -2.31. The van der Waals surface area contributed by atoms with E-state index in [1.165, 1.54) is 37.3 Å². The molecule has 3 aliphatic rings. The van der Waals surface area contributed by atoms with Gasteiger partial charge in [-0.25, -0.2) is 0 Å². The van der Waals surface area contributed by atoms with Crippen LogP contribution >= 0.6 is 11.3 Å². The zero-order chi connectivity index (χ0) is 20.9. The fourth-order valence-corrected chi connectivity index (χ4v) is 5.13. The molecule has 1 aromatic heterocycles. The number of thiophene rings is 1. The number of carbonyl (C=O) groups is 3. The smallest absolute Gasteiger partial charge is 0.263 e. The quantitative estimate of drug-likeness (QED) is 0.619. The second-order valence-corrected chi connectivity index (χ2v) is 9.77. The molecule has 2 aliphatic heterocycles. The van der Waals surface area contributed by atoms with Gasteiger partial charge in [-0.3, -0.25) is 14.4 Å². The molecule has 30 heavy (non-hydrogen) atoms. The maximum atomic E-state index is 12.8. The molecular weight excluding hydrogens is 400 g/mol. The Morgan fingerprint density at radius 3 is 2.33 bits per heavy atom. The van der Waals surface area contributed by atoms with Crippen molar-refractivity contribution < 1.29 is 14.4 Å². The Bertz CT molecular complexity index is 762. The van der Waals surface area contributed by atoms with Crippen LogP contribution in [0.15, 0.2) is 12.1 Å². The van der Waals surface area contributed by atoms with Crippen molar-refractivity contribution in [2.75, 3.05) is 44.6 Å². The predicted octanol–water partition coefficient (Wildman–Crippen LogP) is 2.55. The minimum atomic E-state index is -0.00334. The highest BCUT2D eigenvalue weighted by molar-refractivity contribution is 7.18. The third-order valence-electron chi connectivity index (χ3n) is 6.31. The van der Waals surface area contributed by atoms with Gasteiger partial charge in [0.25, 0.3) is 5.91 Å². The van der Waals surface area contributed by atoms with Crippen LogP contribution in [0.1, 0.15) is 54.6 Å². The summed E-state index contributed by atoms with van der Waals surface area (Å²) in [6.07, 6.45) is 6.94. The van der Waals surface area contributed by atoms with Gasteiger partial charge in [0.15, 0.2) is 0 Å². The molecule has 0 bridgehead atoms. The average molecular weight is 433 g/mol. The van der Waals surface area contributed by atoms with Crippen molar-refractivity contribution in [3.05, 3.63) is 17.0 Å². The Kier molecular flexibility index (Phi) is 7.04. The third kappa shape index (κ3) is 5.60. The number of amides is 3. The van der Waals surface area contributed by atoms with E-state index in [2.05, 4.69) is 15.5 Å². The maximum absolute atomic E-state index is 12.8. The largest absolute Gasteiger partial charge is 0.356 e. The number of nitrogens with zero attached hydrogens (tertiary/aromatic N) is 2. The maximum Gasteiger partial charge on any atom is 0.263 e. The Labute approximate surface area is 182 Å². The van der Waals surface area contributed by atoms with Gasteiger partial charge in [-0.15, -0.1) is 11.3 Å². The number of hydrogen-bond acceptors (Lipinski definition) is 5. The van der Waals surface area contributed by atoms with Gasteiger partial charge in [-0.1, -0.05) is 0 Å². The van der Waals surface area contributed by atoms with Crippen LogP contribution in [-0.2, 0) is 9.59 Å². The van der Waals surface area contributed by atoms with Crippen molar-refractivity contribution in [1.82, 2.24) is 15.1 Å². The molecule has 1 saturated carbocycles. The summed E-state index contributed by atoms with van der Waals surface area (Å²) in [5, 5.41) is 6.71. The number of likely N-dealkylation sites (tertiary alicyclic amines) is 2. The van der Waals surface area contributed by atoms with E-state index < -0.39 is 0 Å². The van der Waals surface area contributed by atoms with Crippen molar-refractivity contribution in [1.29, 1.82) is 0 Å². The zero-order valence-electron chi connectivity index (χ0n) is 17.5. The van der Waals surface area contributed by atoms with Crippen LogP contribution in [-0.4, -0.2) is 66.8 Å². The summed E-state index contributed by atoms with van der Waals surface area (Å²) in [6, 6.07) is 3.59. The number of anilines is 1. The second kappa shape index (κ2) is 9.92. The van der Waals surface area contributed by atoms with Gasteiger partial charge in [0, 0.05) is 31.5 Å². The Morgan fingerprint density at radius 2 is 1.63 bits per heavy atom. The van der Waals surface area contributed by atoms with Crippen LogP contribution < -0.4 is 10.6 Å². The highest BCUT2D eigenvalue weighted by Gasteiger charge is 2.31. The molecule has 164 valence electrons. The summed E-state index contributed by atoms with van der Waals surface area (Å²) in [6.45, 7) is 5.40. The minimum absolute atomic E-state index is 0.00226. The standard InChI is InChI=1S/C22H32N4O3S/c27-20(23-10-3-13-25-11-1-2-12-25)17-8-14-26(15-9-17)22(29)18-6-7-19(30-18)24-21(28)16-4-5-16/h6-7,16-17H,1-5,8-15H2,(H,23,27)(H,24,28). The van der Waals surface area contributed by atoms with E-state index in [1.807, 2.05) is 4.90 Å². The number of rotatable bonds is 8. The van der Waals surface area contributed by atoms with E-state index >= 15 is 0 Å². The SMILES string of the molecule is O=C(NCCCN1CCCC1)C1CCN(C(=O)c2ccc(NC(=O)C3CC3)s2)CC1. The van der Waals surface area contributed by atoms with Gasteiger partial charge in [-0.05, 0) is 76.7 Å². The molecule has 3 fully saturated rings. The summed E-state index contributed by atoms with van der Waals surface area (Å²) in [5.41, 5.74) is 0. The summed E-state index contributed by atoms with van der Waals surface area (Å²) in [5.74, 6) is 0.332. The van der Waals surface area contributed by atoms with Gasteiger partial charge in [0.2, 0.25) is 11.8 Å². The van der Waals surface area contributed by atoms with Gasteiger partial charge < -0.3 is 20.4 Å². The molecule has 3 amide bonds. The molecule has 0 aromatic carbocycles. The zero-order valence-corrected chi connectivity index (χ0v) is 18.3. The first-order valence-corrected chi connectivity index (χ1v) is 12.1. The van der Waals surface area contributed by atoms with Crippen LogP contribution in [0.4, 0.5) is 5.00 Å². The highest BCUT2D eigenvalue weighted by Crippen LogP contribution is 2.32. The molecule has 4 rings (SSSR count). The highest BCUT2D eigenvalue weighted by atomic mass is 32.1. The number of hydrogen-bond donors (Lipinski definition) is 2. The molecule has 0 unspecified atom stereocenters. The Hall–Kier alpha value is -1.93. The molecule has 0 atom stereocenters. The van der Waals surface area contributed by atoms with Crippen LogP contribution in [0.3, 0.4) is 0 Å². The number of carbonyl (C=O) groups excluding carboxylic acids is 3. The first-order chi connectivity index (χ1) is 14.6. The van der Waals surface area contributed by atoms with E-state index in [0.717, 1.165) is 37.4 Å². The van der Waals surface area contributed by atoms with E-state index in [1.54, 1.807) is 12.1 Å². The van der Waals surface area contributed by atoms with E-state index in [4.69, 9.17) is 0 Å². The lowest BCUT2D eigenvalue weighted by molar-refractivity contribution is -0.126. The molecule has 2 saturated heterocycles. The van der Waals surface area contributed by atoms with Crippen molar-refractivity contribution in [3.8, 4) is 0 Å². The molecule has 3 heterocycles. The summed E-state index contributed by atoms with van der Waals surface area (Å²) >= 11 is 1.33. The van der Waals surface area contributed by atoms with E-state index in [0.29, 0.717) is 30.8 Å². The number of piperidine rings is 1. The van der Waals surface area contributed by atoms with E-state index in [-0.39, 0.29) is 29.6 Å². The van der Waals surface area contributed by atoms with Crippen LogP contribution in [0.5, 0.6) is 0 Å². The molecule has 1 aliphatic carbocycles. The van der Waals surface area contributed by atoms with Crippen LogP contribution in [0, 0.1) is 11.8 Å². The Morgan fingerprint density at radius 1 is 0.933 bits per heavy atom. The van der Waals surface area contributed by atoms with Crippen LogP contribution in [0.2, 0.25) is 0 Å². The first kappa shape index (κ1) is 21.3. The summed E-state index contributed by atoms with van der Waals surface area (Å²) < 4.78 is 0. The molecule has 0 spiro atoms. The second-order valence-electron chi connectivity index (χ2n) is 8.69. The molecular formula is C22H32N4O3S. The first-order valence-electron chi connectivity index (χ1n) is 11.3. The van der Waals surface area contributed by atoms with Gasteiger partial charge in [0.1, 0.15) is 0 Å². The fourth-order valence-electron chi connectivity index (χ4n) is 4.25. The summed E-state index contributed by atoms with van der Waals surface area (Å²) in [4.78, 5) is 42.0. The fraction of sp³-hybridized carbons (Fsp3) is 0.682. The van der Waals surface area contributed by atoms with Crippen LogP contribution in [0.25, 0.3) is 0 Å². The van der Waals surface area contributed by atoms with Crippen molar-refractivity contribution >= 4 is 34.1 Å². The van der Waals surface area contributed by atoms with Gasteiger partial charge in [-0.2, -0.15) is 0 Å². The normalized spacial score (nSPS) is 20.3. The Balaban J connectivity index is 1.16. The summed E-state index contributed by atoms with van der Waals surface area (Å²) in [7, 11) is 0.